The first-order valence-corrected chi connectivity index (χ1v) is 7.33. The minimum Gasteiger partial charge on any atom is -0.469 e. The van der Waals surface area contributed by atoms with Gasteiger partial charge in [-0.1, -0.05) is 6.92 Å². The summed E-state index contributed by atoms with van der Waals surface area (Å²) < 4.78 is 5.27. The van der Waals surface area contributed by atoms with E-state index >= 15 is 0 Å². The maximum atomic E-state index is 12.3. The Balaban J connectivity index is 1.80. The first-order chi connectivity index (χ1) is 9.29. The summed E-state index contributed by atoms with van der Waals surface area (Å²) in [5, 5.41) is 3.46. The van der Waals surface area contributed by atoms with E-state index in [9.17, 15) is 4.79 Å². The van der Waals surface area contributed by atoms with Gasteiger partial charge in [-0.05, 0) is 37.9 Å². The summed E-state index contributed by atoms with van der Waals surface area (Å²) in [4.78, 5) is 14.3. The Morgan fingerprint density at radius 2 is 2.47 bits per heavy atom. The highest BCUT2D eigenvalue weighted by atomic mass is 16.3. The topological polar surface area (TPSA) is 45.5 Å². The molecule has 1 aromatic heterocycles. The normalized spacial score (nSPS) is 18.7. The molecule has 1 amide bonds. The summed E-state index contributed by atoms with van der Waals surface area (Å²) in [6, 6.07) is 4.28. The highest BCUT2D eigenvalue weighted by molar-refractivity contribution is 5.76. The van der Waals surface area contributed by atoms with Gasteiger partial charge in [0.05, 0.1) is 6.26 Å². The zero-order chi connectivity index (χ0) is 13.5. The second-order valence-corrected chi connectivity index (χ2v) is 5.21. The second-order valence-electron chi connectivity index (χ2n) is 5.21. The third kappa shape index (κ3) is 4.39. The molecular weight excluding hydrogens is 240 g/mol. The smallest absolute Gasteiger partial charge is 0.223 e. The molecule has 2 heterocycles. The Labute approximate surface area is 115 Å². The van der Waals surface area contributed by atoms with Gasteiger partial charge in [0.25, 0.3) is 0 Å². The molecule has 19 heavy (non-hydrogen) atoms. The van der Waals surface area contributed by atoms with E-state index in [1.807, 2.05) is 17.0 Å². The molecule has 1 saturated heterocycles. The quantitative estimate of drug-likeness (QED) is 0.821. The predicted octanol–water partition coefficient (Wildman–Crippen LogP) is 2.20. The van der Waals surface area contributed by atoms with Crippen molar-refractivity contribution in [3.63, 3.8) is 0 Å². The fraction of sp³-hybridized carbons (Fsp3) is 0.667. The van der Waals surface area contributed by atoms with Crippen molar-refractivity contribution in [1.82, 2.24) is 10.2 Å². The summed E-state index contributed by atoms with van der Waals surface area (Å²) >= 11 is 0. The average molecular weight is 264 g/mol. The van der Waals surface area contributed by atoms with Gasteiger partial charge in [-0.3, -0.25) is 4.79 Å². The summed E-state index contributed by atoms with van der Waals surface area (Å²) in [7, 11) is 0. The number of carbonyl (C=O) groups excluding carboxylic acids is 1. The van der Waals surface area contributed by atoms with Gasteiger partial charge in [-0.25, -0.2) is 0 Å². The van der Waals surface area contributed by atoms with Crippen LogP contribution in [0.3, 0.4) is 0 Å². The Bertz CT molecular complexity index is 370. The number of aryl methyl sites for hydroxylation is 1. The zero-order valence-electron chi connectivity index (χ0n) is 11.7. The number of hydrogen-bond donors (Lipinski definition) is 1. The molecule has 0 radical (unpaired) electrons. The molecule has 4 nitrogen and oxygen atoms in total. The SMILES string of the molecule is CCCN(CC1CCCN1)C(=O)CCc1ccco1. The monoisotopic (exact) mass is 264 g/mol. The highest BCUT2D eigenvalue weighted by Crippen LogP contribution is 2.10. The Morgan fingerprint density at radius 1 is 1.58 bits per heavy atom. The van der Waals surface area contributed by atoms with Crippen molar-refractivity contribution in [3.8, 4) is 0 Å². The fourth-order valence-corrected chi connectivity index (χ4v) is 2.61. The molecular formula is C15H24N2O2. The van der Waals surface area contributed by atoms with Gasteiger partial charge in [-0.15, -0.1) is 0 Å². The molecule has 1 N–H and O–H groups in total. The van der Waals surface area contributed by atoms with Crippen LogP contribution in [0.15, 0.2) is 22.8 Å². The van der Waals surface area contributed by atoms with E-state index in [1.165, 1.54) is 12.8 Å². The van der Waals surface area contributed by atoms with Gasteiger partial charge < -0.3 is 14.6 Å². The maximum absolute atomic E-state index is 12.3. The summed E-state index contributed by atoms with van der Waals surface area (Å²) in [6.45, 7) is 4.92. The number of amides is 1. The summed E-state index contributed by atoms with van der Waals surface area (Å²) in [5.41, 5.74) is 0. The van der Waals surface area contributed by atoms with E-state index in [1.54, 1.807) is 6.26 Å². The number of nitrogens with zero attached hydrogens (tertiary/aromatic N) is 1. The van der Waals surface area contributed by atoms with Crippen LogP contribution in [-0.4, -0.2) is 36.5 Å². The van der Waals surface area contributed by atoms with E-state index in [0.29, 0.717) is 18.9 Å². The average Bonchev–Trinajstić information content (AvgIpc) is 3.08. The van der Waals surface area contributed by atoms with Crippen LogP contribution in [0.4, 0.5) is 0 Å². The molecule has 0 spiro atoms. The number of nitrogens with one attached hydrogen (secondary N) is 1. The lowest BCUT2D eigenvalue weighted by Gasteiger charge is -2.25. The van der Waals surface area contributed by atoms with Crippen molar-refractivity contribution >= 4 is 5.91 Å². The molecule has 1 aliphatic heterocycles. The maximum Gasteiger partial charge on any atom is 0.223 e. The second kappa shape index (κ2) is 7.34. The lowest BCUT2D eigenvalue weighted by Crippen LogP contribution is -2.41. The van der Waals surface area contributed by atoms with Crippen LogP contribution in [0.25, 0.3) is 0 Å². The molecule has 4 heteroatoms. The van der Waals surface area contributed by atoms with Crippen LogP contribution >= 0.6 is 0 Å². The van der Waals surface area contributed by atoms with Gasteiger partial charge in [0.2, 0.25) is 5.91 Å². The van der Waals surface area contributed by atoms with Crippen LogP contribution in [-0.2, 0) is 11.2 Å². The molecule has 1 fully saturated rings. The number of furan rings is 1. The van der Waals surface area contributed by atoms with Crippen molar-refractivity contribution in [2.75, 3.05) is 19.6 Å². The third-order valence-corrected chi connectivity index (χ3v) is 3.61. The minimum absolute atomic E-state index is 0.243. The van der Waals surface area contributed by atoms with E-state index in [0.717, 1.165) is 31.8 Å². The summed E-state index contributed by atoms with van der Waals surface area (Å²) in [5.74, 6) is 1.13. The lowest BCUT2D eigenvalue weighted by atomic mass is 10.2. The van der Waals surface area contributed by atoms with Gasteiger partial charge in [-0.2, -0.15) is 0 Å². The van der Waals surface area contributed by atoms with Crippen LogP contribution in [0.5, 0.6) is 0 Å². The van der Waals surface area contributed by atoms with E-state index in [4.69, 9.17) is 4.42 Å². The van der Waals surface area contributed by atoms with Crippen molar-refractivity contribution in [1.29, 1.82) is 0 Å². The fourth-order valence-electron chi connectivity index (χ4n) is 2.61. The molecule has 1 aromatic rings. The molecule has 0 aromatic carbocycles. The van der Waals surface area contributed by atoms with Crippen LogP contribution in [0, 0.1) is 0 Å². The van der Waals surface area contributed by atoms with Gasteiger partial charge in [0.15, 0.2) is 0 Å². The van der Waals surface area contributed by atoms with Crippen molar-refractivity contribution < 1.29 is 9.21 Å². The van der Waals surface area contributed by atoms with Crippen LogP contribution in [0.2, 0.25) is 0 Å². The molecule has 1 aliphatic rings. The number of carbonyl (C=O) groups is 1. The summed E-state index contributed by atoms with van der Waals surface area (Å²) in [6.07, 6.45) is 6.33. The molecule has 0 saturated carbocycles. The van der Waals surface area contributed by atoms with Crippen molar-refractivity contribution in [3.05, 3.63) is 24.2 Å². The number of hydrogen-bond acceptors (Lipinski definition) is 3. The van der Waals surface area contributed by atoms with Crippen LogP contribution in [0.1, 0.15) is 38.4 Å². The lowest BCUT2D eigenvalue weighted by molar-refractivity contribution is -0.131. The molecule has 106 valence electrons. The predicted molar refractivity (Wildman–Crippen MR) is 74.9 cm³/mol. The highest BCUT2D eigenvalue weighted by Gasteiger charge is 2.20. The van der Waals surface area contributed by atoms with Gasteiger partial charge >= 0.3 is 0 Å². The Morgan fingerprint density at radius 3 is 3.11 bits per heavy atom. The first-order valence-electron chi connectivity index (χ1n) is 7.33. The first kappa shape index (κ1) is 14.1. The standard InChI is InChI=1S/C15H24N2O2/c1-2-10-17(12-13-5-3-9-16-13)15(18)8-7-14-6-4-11-19-14/h4,6,11,13,16H,2-3,5,7-10,12H2,1H3. The van der Waals surface area contributed by atoms with Gasteiger partial charge in [0, 0.05) is 32.0 Å². The van der Waals surface area contributed by atoms with Crippen LogP contribution < -0.4 is 5.32 Å². The van der Waals surface area contributed by atoms with Gasteiger partial charge in [0.1, 0.15) is 5.76 Å². The van der Waals surface area contributed by atoms with Crippen molar-refractivity contribution in [2.45, 2.75) is 45.1 Å². The Hall–Kier alpha value is -1.29. The van der Waals surface area contributed by atoms with E-state index < -0.39 is 0 Å². The molecule has 2 rings (SSSR count). The Kier molecular flexibility index (Phi) is 5.45. The van der Waals surface area contributed by atoms with E-state index in [-0.39, 0.29) is 5.91 Å². The van der Waals surface area contributed by atoms with E-state index in [2.05, 4.69) is 12.2 Å². The molecule has 0 aliphatic carbocycles. The zero-order valence-corrected chi connectivity index (χ0v) is 11.7. The minimum atomic E-state index is 0.243. The molecule has 0 bridgehead atoms. The third-order valence-electron chi connectivity index (χ3n) is 3.61. The van der Waals surface area contributed by atoms with Crippen molar-refractivity contribution in [2.24, 2.45) is 0 Å². The molecule has 1 unspecified atom stereocenters. The largest absolute Gasteiger partial charge is 0.469 e. The molecule has 1 atom stereocenters. The number of rotatable bonds is 7.